The first kappa shape index (κ1) is 19.4. The number of anilines is 1. The number of nitro benzene ring substituents is 1. The lowest BCUT2D eigenvalue weighted by Gasteiger charge is -2.05. The van der Waals surface area contributed by atoms with E-state index in [0.29, 0.717) is 21.9 Å². The minimum atomic E-state index is -0.552. The molecule has 0 spiro atoms. The predicted octanol–water partition coefficient (Wildman–Crippen LogP) is 2.99. The fourth-order valence-electron chi connectivity index (χ4n) is 2.91. The van der Waals surface area contributed by atoms with E-state index in [1.807, 2.05) is 18.2 Å². The van der Waals surface area contributed by atoms with Crippen molar-refractivity contribution in [3.05, 3.63) is 91.4 Å². The number of hydrogen-bond donors (Lipinski definition) is 1. The van der Waals surface area contributed by atoms with Crippen LogP contribution >= 0.6 is 11.3 Å². The smallest absolute Gasteiger partial charge is 0.270 e. The van der Waals surface area contributed by atoms with Crippen molar-refractivity contribution >= 4 is 39.5 Å². The maximum Gasteiger partial charge on any atom is 0.270 e. The molecule has 0 aliphatic heterocycles. The topological polar surface area (TPSA) is 120 Å². The molecule has 0 aliphatic rings. The molecule has 2 aromatic carbocycles. The van der Waals surface area contributed by atoms with Crippen LogP contribution < -0.4 is 10.9 Å². The summed E-state index contributed by atoms with van der Waals surface area (Å²) in [5, 5.41) is 16.3. The number of para-hydroxylation sites is 1. The highest BCUT2D eigenvalue weighted by molar-refractivity contribution is 7.09. The lowest BCUT2D eigenvalue weighted by Crippen LogP contribution is -2.21. The van der Waals surface area contributed by atoms with Crippen LogP contribution in [0.3, 0.4) is 0 Å². The summed E-state index contributed by atoms with van der Waals surface area (Å²) < 4.78 is 1.34. The van der Waals surface area contributed by atoms with Gasteiger partial charge < -0.3 is 5.32 Å². The number of nitro groups is 1. The number of nitrogens with one attached hydrogen (secondary N) is 1. The SMILES string of the molecule is O=C(Cc1nc(Cn2cnc3ccc([N+](=O)[O-])cc3c2=O)cs1)Nc1ccccc1. The number of thiazole rings is 1. The molecule has 30 heavy (non-hydrogen) atoms. The zero-order valence-corrected chi connectivity index (χ0v) is 16.3. The fourth-order valence-corrected chi connectivity index (χ4v) is 3.70. The highest BCUT2D eigenvalue weighted by Gasteiger charge is 2.13. The van der Waals surface area contributed by atoms with Crippen LogP contribution in [0.5, 0.6) is 0 Å². The maximum absolute atomic E-state index is 12.7. The normalized spacial score (nSPS) is 10.8. The van der Waals surface area contributed by atoms with E-state index in [-0.39, 0.29) is 35.5 Å². The summed E-state index contributed by atoms with van der Waals surface area (Å²) in [4.78, 5) is 43.9. The Kier molecular flexibility index (Phi) is 5.31. The second kappa shape index (κ2) is 8.21. The molecule has 2 heterocycles. The van der Waals surface area contributed by atoms with E-state index in [4.69, 9.17) is 0 Å². The van der Waals surface area contributed by atoms with E-state index in [2.05, 4.69) is 15.3 Å². The average molecular weight is 421 g/mol. The van der Waals surface area contributed by atoms with Gasteiger partial charge in [0.1, 0.15) is 5.01 Å². The van der Waals surface area contributed by atoms with E-state index in [1.54, 1.807) is 17.5 Å². The zero-order valence-electron chi connectivity index (χ0n) is 15.5. The number of carbonyl (C=O) groups is 1. The highest BCUT2D eigenvalue weighted by atomic mass is 32.1. The Morgan fingerprint density at radius 3 is 2.77 bits per heavy atom. The molecule has 0 fully saturated rings. The van der Waals surface area contributed by atoms with Crippen LogP contribution in [0.15, 0.2) is 65.0 Å². The number of rotatable bonds is 6. The second-order valence-electron chi connectivity index (χ2n) is 6.46. The van der Waals surface area contributed by atoms with Gasteiger partial charge >= 0.3 is 0 Å². The summed E-state index contributed by atoms with van der Waals surface area (Å²) in [6, 6.07) is 13.1. The summed E-state index contributed by atoms with van der Waals surface area (Å²) in [7, 11) is 0. The summed E-state index contributed by atoms with van der Waals surface area (Å²) in [6.07, 6.45) is 1.51. The van der Waals surface area contributed by atoms with E-state index in [0.717, 1.165) is 0 Å². The van der Waals surface area contributed by atoms with Gasteiger partial charge in [-0.2, -0.15) is 0 Å². The largest absolute Gasteiger partial charge is 0.326 e. The number of fused-ring (bicyclic) bond motifs is 1. The van der Waals surface area contributed by atoms with Gasteiger partial charge in [0.2, 0.25) is 5.91 Å². The number of non-ortho nitro benzene ring substituents is 1. The Labute approximate surface area is 173 Å². The van der Waals surface area contributed by atoms with E-state index in [9.17, 15) is 19.7 Å². The van der Waals surface area contributed by atoms with Gasteiger partial charge in [0.25, 0.3) is 11.2 Å². The lowest BCUT2D eigenvalue weighted by atomic mass is 10.2. The number of nitrogens with zero attached hydrogens (tertiary/aromatic N) is 4. The Morgan fingerprint density at radius 2 is 2.00 bits per heavy atom. The lowest BCUT2D eigenvalue weighted by molar-refractivity contribution is -0.384. The van der Waals surface area contributed by atoms with Crippen molar-refractivity contribution in [3.63, 3.8) is 0 Å². The molecule has 2 aromatic heterocycles. The monoisotopic (exact) mass is 421 g/mol. The first-order valence-corrected chi connectivity index (χ1v) is 9.79. The van der Waals surface area contributed by atoms with Gasteiger partial charge in [-0.15, -0.1) is 11.3 Å². The summed E-state index contributed by atoms with van der Waals surface area (Å²) >= 11 is 1.33. The molecule has 0 saturated carbocycles. The first-order valence-electron chi connectivity index (χ1n) is 8.91. The minimum Gasteiger partial charge on any atom is -0.326 e. The molecule has 0 atom stereocenters. The quantitative estimate of drug-likeness (QED) is 0.377. The first-order chi connectivity index (χ1) is 14.5. The number of amides is 1. The molecule has 0 bridgehead atoms. The molecule has 9 nitrogen and oxygen atoms in total. The molecule has 0 unspecified atom stereocenters. The van der Waals surface area contributed by atoms with Crippen molar-refractivity contribution in [1.29, 1.82) is 0 Å². The van der Waals surface area contributed by atoms with Gasteiger partial charge in [0.05, 0.1) is 40.8 Å². The van der Waals surface area contributed by atoms with E-state index < -0.39 is 4.92 Å². The number of benzene rings is 2. The summed E-state index contributed by atoms with van der Waals surface area (Å²) in [6.45, 7) is 0.154. The Balaban J connectivity index is 1.50. The van der Waals surface area contributed by atoms with Crippen molar-refractivity contribution in [2.45, 2.75) is 13.0 Å². The van der Waals surface area contributed by atoms with Gasteiger partial charge in [-0.1, -0.05) is 18.2 Å². The van der Waals surface area contributed by atoms with Gasteiger partial charge in [-0.3, -0.25) is 24.3 Å². The van der Waals surface area contributed by atoms with Gasteiger partial charge in [0, 0.05) is 23.2 Å². The van der Waals surface area contributed by atoms with Gasteiger partial charge in [0.15, 0.2) is 0 Å². The third kappa shape index (κ3) is 4.23. The average Bonchev–Trinajstić information content (AvgIpc) is 3.17. The minimum absolute atomic E-state index is 0.122. The molecule has 10 heteroatoms. The zero-order chi connectivity index (χ0) is 21.1. The van der Waals surface area contributed by atoms with Crippen LogP contribution in [-0.4, -0.2) is 25.4 Å². The molecular formula is C20H15N5O4S. The Morgan fingerprint density at radius 1 is 1.20 bits per heavy atom. The fraction of sp³-hybridized carbons (Fsp3) is 0.100. The van der Waals surface area contributed by atoms with Crippen LogP contribution in [-0.2, 0) is 17.8 Å². The maximum atomic E-state index is 12.7. The number of hydrogen-bond acceptors (Lipinski definition) is 7. The molecule has 0 radical (unpaired) electrons. The van der Waals surface area contributed by atoms with Crippen LogP contribution in [0.25, 0.3) is 10.9 Å². The van der Waals surface area contributed by atoms with E-state index >= 15 is 0 Å². The number of carbonyl (C=O) groups excluding carboxylic acids is 1. The third-order valence-electron chi connectivity index (χ3n) is 4.32. The second-order valence-corrected chi connectivity index (χ2v) is 7.40. The van der Waals surface area contributed by atoms with Crippen molar-refractivity contribution in [1.82, 2.24) is 14.5 Å². The molecule has 0 aliphatic carbocycles. The molecule has 0 saturated heterocycles. The number of aromatic nitrogens is 3. The van der Waals surface area contributed by atoms with Crippen LogP contribution in [0.2, 0.25) is 0 Å². The third-order valence-corrected chi connectivity index (χ3v) is 5.22. The molecule has 1 N–H and O–H groups in total. The molecule has 150 valence electrons. The van der Waals surface area contributed by atoms with Crippen molar-refractivity contribution in [2.24, 2.45) is 0 Å². The summed E-state index contributed by atoms with van der Waals surface area (Å²) in [5.41, 5.74) is 1.15. The predicted molar refractivity (Wildman–Crippen MR) is 113 cm³/mol. The van der Waals surface area contributed by atoms with Crippen molar-refractivity contribution < 1.29 is 9.72 Å². The Hall–Kier alpha value is -3.92. The van der Waals surface area contributed by atoms with E-state index in [1.165, 1.54) is 40.4 Å². The van der Waals surface area contributed by atoms with Crippen LogP contribution in [0.1, 0.15) is 10.7 Å². The molecule has 4 aromatic rings. The summed E-state index contributed by atoms with van der Waals surface area (Å²) in [5.74, 6) is -0.182. The van der Waals surface area contributed by atoms with Crippen molar-refractivity contribution in [3.8, 4) is 0 Å². The molecule has 4 rings (SSSR count). The standard InChI is InChI=1S/C20H15N5O4S/c26-18(22-13-4-2-1-3-5-13)9-19-23-14(11-30-19)10-24-12-21-17-7-6-15(25(28)29)8-16(17)20(24)27/h1-8,11-12H,9-10H2,(H,22,26). The van der Waals surface area contributed by atoms with Crippen molar-refractivity contribution in [2.75, 3.05) is 5.32 Å². The molecule has 1 amide bonds. The van der Waals surface area contributed by atoms with Gasteiger partial charge in [-0.05, 0) is 18.2 Å². The highest BCUT2D eigenvalue weighted by Crippen LogP contribution is 2.17. The van der Waals surface area contributed by atoms with Crippen LogP contribution in [0.4, 0.5) is 11.4 Å². The van der Waals surface area contributed by atoms with Gasteiger partial charge in [-0.25, -0.2) is 9.97 Å². The van der Waals surface area contributed by atoms with Crippen LogP contribution in [0, 0.1) is 10.1 Å². The Bertz CT molecular complexity index is 1300. The molecular weight excluding hydrogens is 406 g/mol.